The average Bonchev–Trinajstić information content (AvgIpc) is 2.84. The molecule has 2 heterocycles. The van der Waals surface area contributed by atoms with Crippen LogP contribution in [-0.4, -0.2) is 23.1 Å². The first-order chi connectivity index (χ1) is 8.14. The molecule has 1 saturated heterocycles. The highest BCUT2D eigenvalue weighted by atomic mass is 16.7. The fraction of sp³-hybridized carbons (Fsp3) is 0.429. The van der Waals surface area contributed by atoms with Crippen molar-refractivity contribution in [2.75, 3.05) is 6.61 Å². The Bertz CT molecular complexity index is 530. The summed E-state index contributed by atoms with van der Waals surface area (Å²) in [6, 6.07) is 10.5. The summed E-state index contributed by atoms with van der Waals surface area (Å²) in [5, 5.41) is 1.27. The molecule has 0 amide bonds. The minimum Gasteiger partial charge on any atom is -0.348 e. The first-order valence-corrected chi connectivity index (χ1v) is 6.00. The minimum atomic E-state index is -0.437. The Labute approximate surface area is 101 Å². The van der Waals surface area contributed by atoms with Gasteiger partial charge in [-0.05, 0) is 31.4 Å². The Morgan fingerprint density at radius 2 is 2.12 bits per heavy atom. The molecule has 1 aliphatic rings. The van der Waals surface area contributed by atoms with Crippen LogP contribution in [0.25, 0.3) is 10.9 Å². The van der Waals surface area contributed by atoms with Gasteiger partial charge in [0.15, 0.2) is 5.79 Å². The maximum absolute atomic E-state index is 5.83. The number of benzene rings is 1. The standard InChI is InChI=1S/C14H17NO2/c1-14(2)16-10-12(17-14)9-15-8-7-11-5-3-4-6-13(11)15/h3-8,12H,9-10H2,1-2H3. The number of aromatic nitrogens is 1. The van der Waals surface area contributed by atoms with E-state index in [2.05, 4.69) is 41.1 Å². The number of hydrogen-bond acceptors (Lipinski definition) is 2. The van der Waals surface area contributed by atoms with Crippen LogP contribution < -0.4 is 0 Å². The van der Waals surface area contributed by atoms with Gasteiger partial charge in [-0.1, -0.05) is 18.2 Å². The van der Waals surface area contributed by atoms with Crippen molar-refractivity contribution in [1.82, 2.24) is 4.57 Å². The first-order valence-electron chi connectivity index (χ1n) is 6.00. The average molecular weight is 231 g/mol. The molecule has 1 unspecified atom stereocenters. The number of para-hydroxylation sites is 1. The molecule has 1 aromatic heterocycles. The third kappa shape index (κ3) is 2.08. The molecule has 0 saturated carbocycles. The molecule has 3 rings (SSSR count). The van der Waals surface area contributed by atoms with Crippen LogP contribution in [0, 0.1) is 0 Å². The van der Waals surface area contributed by atoms with Gasteiger partial charge in [0.05, 0.1) is 13.2 Å². The van der Waals surface area contributed by atoms with Crippen molar-refractivity contribution in [3.8, 4) is 0 Å². The zero-order valence-corrected chi connectivity index (χ0v) is 10.2. The SMILES string of the molecule is CC1(C)OCC(Cn2ccc3ccccc32)O1. The minimum absolute atomic E-state index is 0.140. The van der Waals surface area contributed by atoms with Crippen molar-refractivity contribution in [2.24, 2.45) is 0 Å². The smallest absolute Gasteiger partial charge is 0.163 e. The lowest BCUT2D eigenvalue weighted by Gasteiger charge is -2.17. The van der Waals surface area contributed by atoms with Gasteiger partial charge in [-0.15, -0.1) is 0 Å². The normalized spacial score (nSPS) is 23.3. The molecule has 0 radical (unpaired) electrons. The Morgan fingerprint density at radius 3 is 2.88 bits per heavy atom. The van der Waals surface area contributed by atoms with Gasteiger partial charge in [0, 0.05) is 11.7 Å². The lowest BCUT2D eigenvalue weighted by molar-refractivity contribution is -0.139. The molecule has 1 aliphatic heterocycles. The Kier molecular flexibility index (Phi) is 2.45. The summed E-state index contributed by atoms with van der Waals surface area (Å²) in [6.45, 7) is 5.43. The first kappa shape index (κ1) is 10.8. The van der Waals surface area contributed by atoms with Crippen LogP contribution in [-0.2, 0) is 16.0 Å². The zero-order chi connectivity index (χ0) is 11.9. The summed E-state index contributed by atoms with van der Waals surface area (Å²) in [5.41, 5.74) is 1.25. The van der Waals surface area contributed by atoms with Crippen LogP contribution in [0.5, 0.6) is 0 Å². The Balaban J connectivity index is 1.82. The predicted octanol–water partition coefficient (Wildman–Crippen LogP) is 2.79. The van der Waals surface area contributed by atoms with E-state index in [1.54, 1.807) is 0 Å². The molecule has 1 atom stereocenters. The van der Waals surface area contributed by atoms with Crippen LogP contribution in [0.3, 0.4) is 0 Å². The number of ether oxygens (including phenoxy) is 2. The van der Waals surface area contributed by atoms with Crippen LogP contribution in [0.15, 0.2) is 36.5 Å². The van der Waals surface area contributed by atoms with Gasteiger partial charge >= 0.3 is 0 Å². The molecule has 0 N–H and O–H groups in total. The lowest BCUT2D eigenvalue weighted by Crippen LogP contribution is -2.23. The molecule has 3 nitrogen and oxygen atoms in total. The number of rotatable bonds is 2. The Morgan fingerprint density at radius 1 is 1.29 bits per heavy atom. The zero-order valence-electron chi connectivity index (χ0n) is 10.2. The second-order valence-electron chi connectivity index (χ2n) is 4.98. The van der Waals surface area contributed by atoms with Crippen LogP contribution in [0.4, 0.5) is 0 Å². The molecule has 1 aromatic carbocycles. The van der Waals surface area contributed by atoms with Crippen molar-refractivity contribution in [3.05, 3.63) is 36.5 Å². The van der Waals surface area contributed by atoms with Crippen molar-refractivity contribution in [2.45, 2.75) is 32.3 Å². The van der Waals surface area contributed by atoms with Gasteiger partial charge < -0.3 is 14.0 Å². The summed E-state index contributed by atoms with van der Waals surface area (Å²) in [7, 11) is 0. The van der Waals surface area contributed by atoms with E-state index in [0.717, 1.165) is 6.54 Å². The van der Waals surface area contributed by atoms with Crippen molar-refractivity contribution < 1.29 is 9.47 Å². The van der Waals surface area contributed by atoms with Crippen LogP contribution in [0.1, 0.15) is 13.8 Å². The largest absolute Gasteiger partial charge is 0.348 e. The molecular weight excluding hydrogens is 214 g/mol. The van der Waals surface area contributed by atoms with Gasteiger partial charge in [-0.25, -0.2) is 0 Å². The van der Waals surface area contributed by atoms with Gasteiger partial charge in [0.25, 0.3) is 0 Å². The highest BCUT2D eigenvalue weighted by Crippen LogP contribution is 2.24. The van der Waals surface area contributed by atoms with E-state index in [-0.39, 0.29) is 6.10 Å². The van der Waals surface area contributed by atoms with E-state index in [1.807, 2.05) is 13.8 Å². The molecule has 17 heavy (non-hydrogen) atoms. The van der Waals surface area contributed by atoms with E-state index in [9.17, 15) is 0 Å². The highest BCUT2D eigenvalue weighted by Gasteiger charge is 2.32. The number of fused-ring (bicyclic) bond motifs is 1. The summed E-state index contributed by atoms with van der Waals surface area (Å²) in [5.74, 6) is -0.437. The van der Waals surface area contributed by atoms with Crippen molar-refractivity contribution in [3.63, 3.8) is 0 Å². The number of hydrogen-bond donors (Lipinski definition) is 0. The lowest BCUT2D eigenvalue weighted by atomic mass is 10.2. The molecule has 1 fully saturated rings. The monoisotopic (exact) mass is 231 g/mol. The van der Waals surface area contributed by atoms with E-state index >= 15 is 0 Å². The van der Waals surface area contributed by atoms with Gasteiger partial charge in [-0.3, -0.25) is 0 Å². The maximum atomic E-state index is 5.83. The molecule has 0 bridgehead atoms. The summed E-state index contributed by atoms with van der Waals surface area (Å²) < 4.78 is 13.6. The molecule has 2 aromatic rings. The quantitative estimate of drug-likeness (QED) is 0.793. The molecule has 0 aliphatic carbocycles. The van der Waals surface area contributed by atoms with Crippen LogP contribution >= 0.6 is 0 Å². The third-order valence-electron chi connectivity index (χ3n) is 3.15. The Hall–Kier alpha value is -1.32. The summed E-state index contributed by atoms with van der Waals surface area (Å²) in [6.07, 6.45) is 2.25. The van der Waals surface area contributed by atoms with Crippen LogP contribution in [0.2, 0.25) is 0 Å². The molecule has 0 spiro atoms. The van der Waals surface area contributed by atoms with Gasteiger partial charge in [0.1, 0.15) is 6.10 Å². The predicted molar refractivity (Wildman–Crippen MR) is 66.8 cm³/mol. The fourth-order valence-corrected chi connectivity index (χ4v) is 2.37. The summed E-state index contributed by atoms with van der Waals surface area (Å²) >= 11 is 0. The van der Waals surface area contributed by atoms with Gasteiger partial charge in [-0.2, -0.15) is 0 Å². The number of nitrogens with zero attached hydrogens (tertiary/aromatic N) is 1. The second-order valence-corrected chi connectivity index (χ2v) is 4.98. The van der Waals surface area contributed by atoms with E-state index in [4.69, 9.17) is 9.47 Å². The topological polar surface area (TPSA) is 23.4 Å². The van der Waals surface area contributed by atoms with Gasteiger partial charge in [0.2, 0.25) is 0 Å². The highest BCUT2D eigenvalue weighted by molar-refractivity contribution is 5.79. The van der Waals surface area contributed by atoms with Crippen molar-refractivity contribution in [1.29, 1.82) is 0 Å². The summed E-state index contributed by atoms with van der Waals surface area (Å²) in [4.78, 5) is 0. The van der Waals surface area contributed by atoms with E-state index < -0.39 is 5.79 Å². The maximum Gasteiger partial charge on any atom is 0.163 e. The van der Waals surface area contributed by atoms with E-state index in [1.165, 1.54) is 10.9 Å². The van der Waals surface area contributed by atoms with Crippen molar-refractivity contribution >= 4 is 10.9 Å². The fourth-order valence-electron chi connectivity index (χ4n) is 2.37. The molecular formula is C14H17NO2. The second kappa shape index (κ2) is 3.86. The molecule has 3 heteroatoms. The molecule has 90 valence electrons. The third-order valence-corrected chi connectivity index (χ3v) is 3.15. The van der Waals surface area contributed by atoms with E-state index in [0.29, 0.717) is 6.61 Å².